The molecule has 2 saturated carbocycles. The summed E-state index contributed by atoms with van der Waals surface area (Å²) < 4.78 is 0. The number of aliphatic hydroxyl groups excluding tert-OH is 1. The molecule has 0 saturated heterocycles. The van der Waals surface area contributed by atoms with Crippen LogP contribution in [0.2, 0.25) is 0 Å². The van der Waals surface area contributed by atoms with Crippen LogP contribution in [0.1, 0.15) is 52.4 Å². The molecule has 0 spiro atoms. The Labute approximate surface area is 111 Å². The summed E-state index contributed by atoms with van der Waals surface area (Å²) in [5.41, 5.74) is 0.292. The average molecular weight is 250 g/mol. The molecule has 2 rings (SSSR count). The molecule has 1 N–H and O–H groups in total. The number of fused-ring (bicyclic) bond motifs is 1. The topological polar surface area (TPSA) is 37.3 Å². The lowest BCUT2D eigenvalue weighted by Gasteiger charge is -2.45. The van der Waals surface area contributed by atoms with E-state index in [1.165, 1.54) is 12.8 Å². The van der Waals surface area contributed by atoms with Gasteiger partial charge in [0.15, 0.2) is 0 Å². The second-order valence-corrected chi connectivity index (χ2v) is 6.14. The highest BCUT2D eigenvalue weighted by atomic mass is 16.3. The molecule has 2 fully saturated rings. The summed E-state index contributed by atoms with van der Waals surface area (Å²) in [5, 5.41) is 10.1. The van der Waals surface area contributed by atoms with E-state index in [0.29, 0.717) is 29.6 Å². The molecule has 0 aliphatic heterocycles. The Kier molecular flexibility index (Phi) is 5.41. The van der Waals surface area contributed by atoms with Gasteiger partial charge < -0.3 is 9.90 Å². The Morgan fingerprint density at radius 2 is 2.06 bits per heavy atom. The Hall–Kier alpha value is -0.810. The minimum atomic E-state index is -0.0906. The van der Waals surface area contributed by atoms with Crippen molar-refractivity contribution < 1.29 is 9.90 Å². The maximum absolute atomic E-state index is 10.7. The number of rotatable bonds is 3. The van der Waals surface area contributed by atoms with Crippen molar-refractivity contribution in [3.8, 4) is 12.8 Å². The van der Waals surface area contributed by atoms with Gasteiger partial charge >= 0.3 is 0 Å². The van der Waals surface area contributed by atoms with Crippen LogP contribution in [0, 0.1) is 36.0 Å². The predicted octanol–water partition coefficient (Wildman–Crippen LogP) is 3.04. The highest BCUT2D eigenvalue weighted by Gasteiger charge is 2.51. The standard InChI is InChI=1S/C14H24O2.C2H2/c1-10(7-9-15)11-5-6-12-13(16)4-3-8-14(11,12)2;1-2/h9-13,16H,3-8H2,1-2H3;1-2H/t10-,11?,12?,13?,14?;/m1./s1. The van der Waals surface area contributed by atoms with E-state index in [-0.39, 0.29) is 6.10 Å². The molecule has 2 heteroatoms. The van der Waals surface area contributed by atoms with Gasteiger partial charge in [-0.1, -0.05) is 20.3 Å². The van der Waals surface area contributed by atoms with Crippen LogP contribution < -0.4 is 0 Å². The highest BCUT2D eigenvalue weighted by molar-refractivity contribution is 5.49. The third-order valence-electron chi connectivity index (χ3n) is 5.32. The van der Waals surface area contributed by atoms with Gasteiger partial charge in [-0.05, 0) is 48.9 Å². The zero-order chi connectivity index (χ0) is 13.8. The monoisotopic (exact) mass is 250 g/mol. The quantitative estimate of drug-likeness (QED) is 0.617. The zero-order valence-electron chi connectivity index (χ0n) is 11.6. The first-order valence-electron chi connectivity index (χ1n) is 7.04. The molecule has 18 heavy (non-hydrogen) atoms. The van der Waals surface area contributed by atoms with Crippen molar-refractivity contribution in [2.75, 3.05) is 0 Å². The summed E-state index contributed by atoms with van der Waals surface area (Å²) >= 11 is 0. The van der Waals surface area contributed by atoms with Gasteiger partial charge in [0.05, 0.1) is 6.10 Å². The first kappa shape index (κ1) is 15.2. The minimum Gasteiger partial charge on any atom is -0.393 e. The molecule has 0 bridgehead atoms. The maximum atomic E-state index is 10.7. The maximum Gasteiger partial charge on any atom is 0.120 e. The lowest BCUT2D eigenvalue weighted by Crippen LogP contribution is -2.41. The van der Waals surface area contributed by atoms with Crippen molar-refractivity contribution in [2.45, 2.75) is 58.5 Å². The lowest BCUT2D eigenvalue weighted by atomic mass is 9.61. The molecule has 2 aliphatic carbocycles. The summed E-state index contributed by atoms with van der Waals surface area (Å²) in [5.74, 6) is 1.61. The lowest BCUT2D eigenvalue weighted by molar-refractivity contribution is -0.109. The molecule has 0 amide bonds. The van der Waals surface area contributed by atoms with Crippen LogP contribution in [0.4, 0.5) is 0 Å². The molecule has 0 radical (unpaired) electrons. The number of carbonyl (C=O) groups excluding carboxylic acids is 1. The third-order valence-corrected chi connectivity index (χ3v) is 5.32. The predicted molar refractivity (Wildman–Crippen MR) is 73.9 cm³/mol. The fourth-order valence-corrected chi connectivity index (χ4v) is 4.44. The smallest absolute Gasteiger partial charge is 0.120 e. The second-order valence-electron chi connectivity index (χ2n) is 6.14. The SMILES string of the molecule is C#C.C[C@H](CC=O)C1CCC2C(O)CCCC21C. The minimum absolute atomic E-state index is 0.0906. The Morgan fingerprint density at radius 1 is 1.39 bits per heavy atom. The van der Waals surface area contributed by atoms with E-state index in [1.54, 1.807) is 0 Å². The molecule has 0 aromatic rings. The molecule has 2 aliphatic rings. The number of hydrogen-bond donors (Lipinski definition) is 1. The first-order valence-corrected chi connectivity index (χ1v) is 7.04. The van der Waals surface area contributed by atoms with E-state index in [1.807, 2.05) is 0 Å². The molecule has 5 atom stereocenters. The normalized spacial score (nSPS) is 40.2. The largest absolute Gasteiger partial charge is 0.393 e. The van der Waals surface area contributed by atoms with Gasteiger partial charge in [0.1, 0.15) is 6.29 Å². The van der Waals surface area contributed by atoms with Crippen molar-refractivity contribution in [1.82, 2.24) is 0 Å². The van der Waals surface area contributed by atoms with E-state index >= 15 is 0 Å². The van der Waals surface area contributed by atoms with Crippen molar-refractivity contribution >= 4 is 6.29 Å². The number of aldehydes is 1. The summed E-state index contributed by atoms with van der Waals surface area (Å²) in [4.78, 5) is 10.7. The molecule has 2 nitrogen and oxygen atoms in total. The van der Waals surface area contributed by atoms with Crippen molar-refractivity contribution in [2.24, 2.45) is 23.2 Å². The van der Waals surface area contributed by atoms with Gasteiger partial charge in [0.2, 0.25) is 0 Å². The molecular formula is C16H26O2. The Bertz CT molecular complexity index is 297. The number of aliphatic hydroxyl groups is 1. The molecular weight excluding hydrogens is 224 g/mol. The molecule has 4 unspecified atom stereocenters. The second kappa shape index (κ2) is 6.38. The van der Waals surface area contributed by atoms with Crippen LogP contribution >= 0.6 is 0 Å². The van der Waals surface area contributed by atoms with E-state index in [2.05, 4.69) is 26.7 Å². The molecule has 0 heterocycles. The molecule has 102 valence electrons. The third kappa shape index (κ3) is 2.62. The summed E-state index contributed by atoms with van der Waals surface area (Å²) in [6.45, 7) is 4.55. The summed E-state index contributed by atoms with van der Waals surface area (Å²) in [6, 6.07) is 0. The van der Waals surface area contributed by atoms with Gasteiger partial charge in [-0.15, -0.1) is 12.8 Å². The number of carbonyl (C=O) groups is 1. The first-order chi connectivity index (χ1) is 8.59. The fourth-order valence-electron chi connectivity index (χ4n) is 4.44. The van der Waals surface area contributed by atoms with Crippen LogP contribution in [0.25, 0.3) is 0 Å². The molecule has 0 aromatic heterocycles. The van der Waals surface area contributed by atoms with Crippen LogP contribution in [0.5, 0.6) is 0 Å². The number of hydrogen-bond acceptors (Lipinski definition) is 2. The zero-order valence-corrected chi connectivity index (χ0v) is 11.6. The van der Waals surface area contributed by atoms with Crippen molar-refractivity contribution in [3.63, 3.8) is 0 Å². The van der Waals surface area contributed by atoms with Gasteiger partial charge in [0.25, 0.3) is 0 Å². The van der Waals surface area contributed by atoms with Crippen LogP contribution in [0.15, 0.2) is 0 Å². The van der Waals surface area contributed by atoms with Crippen molar-refractivity contribution in [3.05, 3.63) is 0 Å². The Morgan fingerprint density at radius 3 is 2.67 bits per heavy atom. The van der Waals surface area contributed by atoms with Gasteiger partial charge in [-0.25, -0.2) is 0 Å². The van der Waals surface area contributed by atoms with Gasteiger partial charge in [-0.3, -0.25) is 0 Å². The van der Waals surface area contributed by atoms with Crippen LogP contribution in [-0.2, 0) is 4.79 Å². The average Bonchev–Trinajstić information content (AvgIpc) is 2.71. The summed E-state index contributed by atoms with van der Waals surface area (Å²) in [6.07, 6.45) is 15.4. The van der Waals surface area contributed by atoms with E-state index in [0.717, 1.165) is 25.5 Å². The van der Waals surface area contributed by atoms with Crippen LogP contribution in [0.3, 0.4) is 0 Å². The van der Waals surface area contributed by atoms with Crippen molar-refractivity contribution in [1.29, 1.82) is 0 Å². The van der Waals surface area contributed by atoms with E-state index in [9.17, 15) is 9.90 Å². The van der Waals surface area contributed by atoms with Crippen LogP contribution in [-0.4, -0.2) is 17.5 Å². The summed E-state index contributed by atoms with van der Waals surface area (Å²) in [7, 11) is 0. The highest BCUT2D eigenvalue weighted by Crippen LogP contribution is 2.57. The fraction of sp³-hybridized carbons (Fsp3) is 0.812. The van der Waals surface area contributed by atoms with Gasteiger partial charge in [-0.2, -0.15) is 0 Å². The Balaban J connectivity index is 0.000000771. The number of terminal acetylenes is 1. The molecule has 0 aromatic carbocycles. The van der Waals surface area contributed by atoms with Gasteiger partial charge in [0, 0.05) is 6.42 Å². The van der Waals surface area contributed by atoms with E-state index in [4.69, 9.17) is 0 Å². The van der Waals surface area contributed by atoms with E-state index < -0.39 is 0 Å².